The van der Waals surface area contributed by atoms with Crippen LogP contribution in [0.25, 0.3) is 0 Å². The van der Waals surface area contributed by atoms with Gasteiger partial charge in [-0.25, -0.2) is 0 Å². The third-order valence-corrected chi connectivity index (χ3v) is 6.23. The second-order valence-corrected chi connectivity index (χ2v) is 9.03. The topological polar surface area (TPSA) is 58.6 Å². The number of carbonyl (C=O) groups excluding carboxylic acids is 2. The van der Waals surface area contributed by atoms with Crippen molar-refractivity contribution in [1.82, 2.24) is 5.32 Å². The molecule has 0 bridgehead atoms. The van der Waals surface area contributed by atoms with Gasteiger partial charge in [-0.15, -0.1) is 0 Å². The van der Waals surface area contributed by atoms with Gasteiger partial charge in [0.2, 0.25) is 5.91 Å². The number of aryl methyl sites for hydroxylation is 1. The van der Waals surface area contributed by atoms with Crippen molar-refractivity contribution in [1.29, 1.82) is 0 Å². The van der Waals surface area contributed by atoms with Crippen molar-refractivity contribution in [2.24, 2.45) is 0 Å². The summed E-state index contributed by atoms with van der Waals surface area (Å²) in [7, 11) is 1.64. The molecule has 0 radical (unpaired) electrons. The monoisotopic (exact) mass is 492 g/mol. The Balaban J connectivity index is 1.39. The standard InChI is InChI=1S/C32H32N2O3/c1-24-8-14-28(15-9-24)32(36)34(23-27-6-4-3-5-7-27)29-16-10-26(11-17-29)22-31(35)33-21-20-25-12-18-30(37-2)19-13-25/h3-19H,20-23H2,1-2H3,(H,33,35). The molecule has 4 rings (SSSR count). The fraction of sp³-hybridized carbons (Fsp3) is 0.188. The summed E-state index contributed by atoms with van der Waals surface area (Å²) in [6.45, 7) is 3.03. The molecule has 5 heteroatoms. The second-order valence-electron chi connectivity index (χ2n) is 9.03. The van der Waals surface area contributed by atoms with Gasteiger partial charge in [-0.1, -0.05) is 72.3 Å². The van der Waals surface area contributed by atoms with Crippen molar-refractivity contribution in [3.05, 3.63) is 131 Å². The fourth-order valence-corrected chi connectivity index (χ4v) is 4.08. The number of carbonyl (C=O) groups is 2. The van der Waals surface area contributed by atoms with Crippen LogP contribution >= 0.6 is 0 Å². The molecule has 0 aliphatic carbocycles. The highest BCUT2D eigenvalue weighted by molar-refractivity contribution is 6.06. The number of nitrogens with zero attached hydrogens (tertiary/aromatic N) is 1. The predicted octanol–water partition coefficient (Wildman–Crippen LogP) is 5.75. The summed E-state index contributed by atoms with van der Waals surface area (Å²) in [5.74, 6) is 0.727. The van der Waals surface area contributed by atoms with Crippen LogP contribution in [0.2, 0.25) is 0 Å². The molecule has 0 saturated carbocycles. The van der Waals surface area contributed by atoms with Crippen LogP contribution in [-0.4, -0.2) is 25.5 Å². The molecule has 2 amide bonds. The molecule has 0 aliphatic heterocycles. The molecule has 188 valence electrons. The lowest BCUT2D eigenvalue weighted by molar-refractivity contribution is -0.120. The number of hydrogen-bond acceptors (Lipinski definition) is 3. The van der Waals surface area contributed by atoms with E-state index in [1.807, 2.05) is 110 Å². The predicted molar refractivity (Wildman–Crippen MR) is 148 cm³/mol. The van der Waals surface area contributed by atoms with Crippen LogP contribution in [0, 0.1) is 6.92 Å². The maximum atomic E-state index is 13.4. The van der Waals surface area contributed by atoms with E-state index in [0.717, 1.165) is 40.1 Å². The highest BCUT2D eigenvalue weighted by atomic mass is 16.5. The molecule has 5 nitrogen and oxygen atoms in total. The number of amides is 2. The van der Waals surface area contributed by atoms with E-state index in [4.69, 9.17) is 4.74 Å². The van der Waals surface area contributed by atoms with Crippen LogP contribution in [0.4, 0.5) is 5.69 Å². The lowest BCUT2D eigenvalue weighted by Gasteiger charge is -2.23. The molecule has 0 aromatic heterocycles. The van der Waals surface area contributed by atoms with Crippen LogP contribution in [0.5, 0.6) is 5.75 Å². The molecule has 0 unspecified atom stereocenters. The molecule has 0 aliphatic rings. The van der Waals surface area contributed by atoms with E-state index in [9.17, 15) is 9.59 Å². The van der Waals surface area contributed by atoms with Gasteiger partial charge >= 0.3 is 0 Å². The van der Waals surface area contributed by atoms with Crippen LogP contribution in [-0.2, 0) is 24.2 Å². The Bertz CT molecular complexity index is 1300. The first-order valence-corrected chi connectivity index (χ1v) is 12.4. The van der Waals surface area contributed by atoms with Crippen molar-refractivity contribution >= 4 is 17.5 Å². The smallest absolute Gasteiger partial charge is 0.258 e. The van der Waals surface area contributed by atoms with Crippen molar-refractivity contribution in [2.75, 3.05) is 18.6 Å². The first-order chi connectivity index (χ1) is 18.0. The number of rotatable bonds is 10. The first-order valence-electron chi connectivity index (χ1n) is 12.4. The average Bonchev–Trinajstić information content (AvgIpc) is 2.93. The van der Waals surface area contributed by atoms with Crippen molar-refractivity contribution in [3.8, 4) is 5.75 Å². The molecule has 0 saturated heterocycles. The number of benzene rings is 4. The number of ether oxygens (including phenoxy) is 1. The Morgan fingerprint density at radius 3 is 2.05 bits per heavy atom. The van der Waals surface area contributed by atoms with E-state index in [2.05, 4.69) is 5.32 Å². The maximum absolute atomic E-state index is 13.4. The number of methoxy groups -OCH3 is 1. The molecule has 0 fully saturated rings. The van der Waals surface area contributed by atoms with Gasteiger partial charge < -0.3 is 15.0 Å². The Morgan fingerprint density at radius 1 is 0.757 bits per heavy atom. The summed E-state index contributed by atoms with van der Waals surface area (Å²) in [4.78, 5) is 27.7. The lowest BCUT2D eigenvalue weighted by atomic mass is 10.1. The molecular formula is C32H32N2O3. The van der Waals surface area contributed by atoms with E-state index in [1.54, 1.807) is 12.0 Å². The summed E-state index contributed by atoms with van der Waals surface area (Å²) in [5.41, 5.74) is 5.62. The van der Waals surface area contributed by atoms with Crippen molar-refractivity contribution in [2.45, 2.75) is 26.3 Å². The Kier molecular flexibility index (Phi) is 8.71. The van der Waals surface area contributed by atoms with Crippen molar-refractivity contribution in [3.63, 3.8) is 0 Å². The van der Waals surface area contributed by atoms with Gasteiger partial charge in [0.25, 0.3) is 5.91 Å². The summed E-state index contributed by atoms with van der Waals surface area (Å²) in [6.07, 6.45) is 1.04. The minimum Gasteiger partial charge on any atom is -0.497 e. The zero-order valence-electron chi connectivity index (χ0n) is 21.3. The SMILES string of the molecule is COc1ccc(CCNC(=O)Cc2ccc(N(Cc3ccccc3)C(=O)c3ccc(C)cc3)cc2)cc1. The average molecular weight is 493 g/mol. The van der Waals surface area contributed by atoms with Crippen LogP contribution in [0.1, 0.15) is 32.6 Å². The highest BCUT2D eigenvalue weighted by Gasteiger charge is 2.18. The molecule has 4 aromatic rings. The summed E-state index contributed by atoms with van der Waals surface area (Å²) < 4.78 is 5.18. The molecule has 0 heterocycles. The first kappa shape index (κ1) is 25.7. The Hall–Kier alpha value is -4.38. The molecular weight excluding hydrogens is 460 g/mol. The number of hydrogen-bond donors (Lipinski definition) is 1. The van der Waals surface area contributed by atoms with Crippen LogP contribution in [0.3, 0.4) is 0 Å². The van der Waals surface area contributed by atoms with Crippen LogP contribution in [0.15, 0.2) is 103 Å². The Labute approximate surface area is 218 Å². The molecule has 4 aromatic carbocycles. The molecule has 0 atom stereocenters. The van der Waals surface area contributed by atoms with Gasteiger partial charge in [0.15, 0.2) is 0 Å². The van der Waals surface area contributed by atoms with Gasteiger partial charge in [-0.2, -0.15) is 0 Å². The van der Waals surface area contributed by atoms with Gasteiger partial charge in [0.05, 0.1) is 20.1 Å². The largest absolute Gasteiger partial charge is 0.497 e. The van der Waals surface area contributed by atoms with E-state index in [1.165, 1.54) is 0 Å². The van der Waals surface area contributed by atoms with E-state index < -0.39 is 0 Å². The van der Waals surface area contributed by atoms with Gasteiger partial charge in [-0.05, 0) is 66.4 Å². The zero-order chi connectivity index (χ0) is 26.0. The van der Waals surface area contributed by atoms with Crippen molar-refractivity contribution < 1.29 is 14.3 Å². The Morgan fingerprint density at radius 2 is 1.41 bits per heavy atom. The lowest BCUT2D eigenvalue weighted by Crippen LogP contribution is -2.30. The maximum Gasteiger partial charge on any atom is 0.258 e. The summed E-state index contributed by atoms with van der Waals surface area (Å²) >= 11 is 0. The molecule has 1 N–H and O–H groups in total. The zero-order valence-corrected chi connectivity index (χ0v) is 21.3. The quantitative estimate of drug-likeness (QED) is 0.307. The number of anilines is 1. The van der Waals surface area contributed by atoms with E-state index >= 15 is 0 Å². The third kappa shape index (κ3) is 7.31. The van der Waals surface area contributed by atoms with Crippen LogP contribution < -0.4 is 15.0 Å². The highest BCUT2D eigenvalue weighted by Crippen LogP contribution is 2.22. The fourth-order valence-electron chi connectivity index (χ4n) is 4.08. The van der Waals surface area contributed by atoms with E-state index in [-0.39, 0.29) is 18.2 Å². The second kappa shape index (κ2) is 12.5. The summed E-state index contributed by atoms with van der Waals surface area (Å²) in [5, 5.41) is 2.99. The summed E-state index contributed by atoms with van der Waals surface area (Å²) in [6, 6.07) is 33.1. The van der Waals surface area contributed by atoms with Gasteiger partial charge in [0.1, 0.15) is 5.75 Å². The van der Waals surface area contributed by atoms with Gasteiger partial charge in [0, 0.05) is 17.8 Å². The van der Waals surface area contributed by atoms with E-state index in [0.29, 0.717) is 18.7 Å². The van der Waals surface area contributed by atoms with Gasteiger partial charge in [-0.3, -0.25) is 9.59 Å². The minimum atomic E-state index is -0.0621. The number of nitrogens with one attached hydrogen (secondary N) is 1. The minimum absolute atomic E-state index is 0.0295. The molecule has 0 spiro atoms. The molecule has 37 heavy (non-hydrogen) atoms. The normalized spacial score (nSPS) is 10.5. The third-order valence-electron chi connectivity index (χ3n) is 6.23.